The van der Waals surface area contributed by atoms with Crippen LogP contribution in [0.2, 0.25) is 15.1 Å². The normalized spacial score (nSPS) is 11.1. The van der Waals surface area contributed by atoms with Gasteiger partial charge in [-0.3, -0.25) is 14.2 Å². The van der Waals surface area contributed by atoms with Gasteiger partial charge in [-0.2, -0.15) is 0 Å². The highest BCUT2D eigenvalue weighted by Gasteiger charge is 2.17. The molecule has 1 aromatic heterocycles. The van der Waals surface area contributed by atoms with Crippen LogP contribution in [0.5, 0.6) is 0 Å². The molecule has 4 rings (SSSR count). The molecular weight excluding hydrogens is 513 g/mol. The molecule has 1 N–H and O–H groups in total. The molecule has 0 saturated carbocycles. The summed E-state index contributed by atoms with van der Waals surface area (Å²) in [6.45, 7) is 2.27. The van der Waals surface area contributed by atoms with Gasteiger partial charge in [0.1, 0.15) is 0 Å². The summed E-state index contributed by atoms with van der Waals surface area (Å²) < 4.78 is 1.52. The first-order valence-corrected chi connectivity index (χ1v) is 12.6. The van der Waals surface area contributed by atoms with Gasteiger partial charge in [0.25, 0.3) is 5.56 Å². The number of carbonyl (C=O) groups excluding carboxylic acids is 1. The smallest absolute Gasteiger partial charge is 0.266 e. The number of amides is 1. The summed E-state index contributed by atoms with van der Waals surface area (Å²) >= 11 is 19.6. The first-order valence-electron chi connectivity index (χ1n) is 10.5. The summed E-state index contributed by atoms with van der Waals surface area (Å²) in [6.07, 6.45) is 0.576. The fraction of sp³-hybridized carbons (Fsp3) is 0.160. The van der Waals surface area contributed by atoms with Gasteiger partial charge in [0.15, 0.2) is 5.16 Å². The zero-order chi connectivity index (χ0) is 24.2. The Hall–Kier alpha value is -2.51. The van der Waals surface area contributed by atoms with Gasteiger partial charge in [-0.1, -0.05) is 70.8 Å². The molecule has 0 aliphatic heterocycles. The Bertz CT molecular complexity index is 1440. The van der Waals surface area contributed by atoms with E-state index in [1.807, 2.05) is 25.1 Å². The SMILES string of the molecule is Cc1c(Cl)cccc1-n1c(SCC(=O)NCCc2ccc(Cl)cc2Cl)nc2ccccc2c1=O. The molecule has 0 bridgehead atoms. The van der Waals surface area contributed by atoms with Crippen molar-refractivity contribution in [1.82, 2.24) is 14.9 Å². The first-order chi connectivity index (χ1) is 16.3. The van der Waals surface area contributed by atoms with Crippen LogP contribution < -0.4 is 10.9 Å². The average Bonchev–Trinajstić information content (AvgIpc) is 2.81. The summed E-state index contributed by atoms with van der Waals surface area (Å²) in [6, 6.07) is 17.8. The maximum Gasteiger partial charge on any atom is 0.266 e. The third-order valence-corrected chi connectivity index (χ3v) is 7.22. The van der Waals surface area contributed by atoms with Gasteiger partial charge in [-0.05, 0) is 60.9 Å². The van der Waals surface area contributed by atoms with E-state index in [4.69, 9.17) is 34.8 Å². The summed E-state index contributed by atoms with van der Waals surface area (Å²) in [5.74, 6) is -0.0782. The van der Waals surface area contributed by atoms with Crippen molar-refractivity contribution in [3.05, 3.63) is 97.2 Å². The number of hydrogen-bond donors (Lipinski definition) is 1. The molecule has 1 heterocycles. The second-order valence-corrected chi connectivity index (χ2v) is 9.75. The number of para-hydroxylation sites is 1. The van der Waals surface area contributed by atoms with Crippen molar-refractivity contribution >= 4 is 63.4 Å². The molecule has 3 aromatic carbocycles. The Morgan fingerprint density at radius 3 is 2.62 bits per heavy atom. The highest BCUT2D eigenvalue weighted by atomic mass is 35.5. The lowest BCUT2D eigenvalue weighted by atomic mass is 10.1. The van der Waals surface area contributed by atoms with Gasteiger partial charge < -0.3 is 5.32 Å². The number of fused-ring (bicyclic) bond motifs is 1. The molecule has 0 saturated heterocycles. The van der Waals surface area contributed by atoms with Crippen molar-refractivity contribution in [2.75, 3.05) is 12.3 Å². The van der Waals surface area contributed by atoms with E-state index in [0.717, 1.165) is 11.1 Å². The molecule has 0 aliphatic rings. The molecule has 174 valence electrons. The van der Waals surface area contributed by atoms with E-state index in [1.165, 1.54) is 16.3 Å². The van der Waals surface area contributed by atoms with Crippen molar-refractivity contribution in [3.63, 3.8) is 0 Å². The second kappa shape index (κ2) is 10.8. The monoisotopic (exact) mass is 531 g/mol. The highest BCUT2D eigenvalue weighted by molar-refractivity contribution is 7.99. The zero-order valence-electron chi connectivity index (χ0n) is 18.1. The van der Waals surface area contributed by atoms with Crippen LogP contribution in [0, 0.1) is 6.92 Å². The lowest BCUT2D eigenvalue weighted by molar-refractivity contribution is -0.118. The van der Waals surface area contributed by atoms with Crippen molar-refractivity contribution in [2.24, 2.45) is 0 Å². The fourth-order valence-corrected chi connectivity index (χ4v) is 5.01. The molecular formula is C25H20Cl3N3O2S. The molecule has 0 unspecified atom stereocenters. The minimum absolute atomic E-state index is 0.0960. The van der Waals surface area contributed by atoms with E-state index in [9.17, 15) is 9.59 Å². The highest BCUT2D eigenvalue weighted by Crippen LogP contribution is 2.26. The quantitative estimate of drug-likeness (QED) is 0.231. The predicted octanol–water partition coefficient (Wildman–Crippen LogP) is 6.11. The molecule has 0 radical (unpaired) electrons. The van der Waals surface area contributed by atoms with Crippen LogP contribution in [0.1, 0.15) is 11.1 Å². The molecule has 0 spiro atoms. The Kier molecular flexibility index (Phi) is 7.84. The van der Waals surface area contributed by atoms with Crippen molar-refractivity contribution < 1.29 is 4.79 Å². The predicted molar refractivity (Wildman–Crippen MR) is 141 cm³/mol. The van der Waals surface area contributed by atoms with E-state index in [1.54, 1.807) is 42.5 Å². The number of nitrogens with zero attached hydrogens (tertiary/aromatic N) is 2. The van der Waals surface area contributed by atoms with Crippen LogP contribution in [-0.2, 0) is 11.2 Å². The molecule has 9 heteroatoms. The number of benzene rings is 3. The molecule has 0 atom stereocenters. The average molecular weight is 533 g/mol. The molecule has 34 heavy (non-hydrogen) atoms. The molecule has 4 aromatic rings. The number of nitrogens with one attached hydrogen (secondary N) is 1. The van der Waals surface area contributed by atoms with Crippen molar-refractivity contribution in [2.45, 2.75) is 18.5 Å². The molecule has 0 aliphatic carbocycles. The largest absolute Gasteiger partial charge is 0.355 e. The zero-order valence-corrected chi connectivity index (χ0v) is 21.2. The Morgan fingerprint density at radius 2 is 1.82 bits per heavy atom. The minimum Gasteiger partial charge on any atom is -0.355 e. The maximum absolute atomic E-state index is 13.4. The van der Waals surface area contributed by atoms with Crippen LogP contribution >= 0.6 is 46.6 Å². The van der Waals surface area contributed by atoms with Crippen LogP contribution in [0.25, 0.3) is 16.6 Å². The van der Waals surface area contributed by atoms with E-state index < -0.39 is 0 Å². The second-order valence-electron chi connectivity index (χ2n) is 7.56. The number of halogens is 3. The number of rotatable bonds is 7. The van der Waals surface area contributed by atoms with Crippen LogP contribution in [-0.4, -0.2) is 27.8 Å². The van der Waals surface area contributed by atoms with E-state index in [-0.39, 0.29) is 17.2 Å². The van der Waals surface area contributed by atoms with Gasteiger partial charge in [-0.25, -0.2) is 4.98 Å². The summed E-state index contributed by atoms with van der Waals surface area (Å²) in [5.41, 5.74) is 2.66. The standard InChI is InChI=1S/C25H20Cl3N3O2S/c1-15-19(27)6-4-8-22(15)31-24(33)18-5-2-3-7-21(18)30-25(31)34-14-23(32)29-12-11-16-9-10-17(26)13-20(16)28/h2-10,13H,11-12,14H2,1H3,(H,29,32). The van der Waals surface area contributed by atoms with Crippen LogP contribution in [0.3, 0.4) is 0 Å². The summed E-state index contributed by atoms with van der Waals surface area (Å²) in [4.78, 5) is 30.6. The number of aromatic nitrogens is 2. The third-order valence-electron chi connectivity index (χ3n) is 5.29. The Morgan fingerprint density at radius 1 is 1.03 bits per heavy atom. The molecule has 5 nitrogen and oxygen atoms in total. The first kappa shape index (κ1) is 24.6. The lowest BCUT2D eigenvalue weighted by Gasteiger charge is -2.15. The number of hydrogen-bond acceptors (Lipinski definition) is 4. The van der Waals surface area contributed by atoms with E-state index in [2.05, 4.69) is 10.3 Å². The van der Waals surface area contributed by atoms with E-state index in [0.29, 0.717) is 49.8 Å². The van der Waals surface area contributed by atoms with Crippen LogP contribution in [0.4, 0.5) is 0 Å². The minimum atomic E-state index is -0.212. The molecule has 1 amide bonds. The van der Waals surface area contributed by atoms with Gasteiger partial charge >= 0.3 is 0 Å². The van der Waals surface area contributed by atoms with Gasteiger partial charge in [-0.15, -0.1) is 0 Å². The molecule has 0 fully saturated rings. The topological polar surface area (TPSA) is 64.0 Å². The van der Waals surface area contributed by atoms with Crippen LogP contribution in [0.15, 0.2) is 70.6 Å². The van der Waals surface area contributed by atoms with Crippen molar-refractivity contribution in [1.29, 1.82) is 0 Å². The number of carbonyl (C=O) groups is 1. The van der Waals surface area contributed by atoms with E-state index >= 15 is 0 Å². The fourth-order valence-electron chi connectivity index (χ4n) is 3.50. The number of thioether (sulfide) groups is 1. The van der Waals surface area contributed by atoms with Gasteiger partial charge in [0.05, 0.1) is 22.3 Å². The Labute approximate surface area is 216 Å². The lowest BCUT2D eigenvalue weighted by Crippen LogP contribution is -2.28. The van der Waals surface area contributed by atoms with Crippen molar-refractivity contribution in [3.8, 4) is 5.69 Å². The summed E-state index contributed by atoms with van der Waals surface area (Å²) in [5, 5.41) is 5.49. The third kappa shape index (κ3) is 5.41. The van der Waals surface area contributed by atoms with Gasteiger partial charge in [0, 0.05) is 21.6 Å². The van der Waals surface area contributed by atoms with Gasteiger partial charge in [0.2, 0.25) is 5.91 Å². The summed E-state index contributed by atoms with van der Waals surface area (Å²) in [7, 11) is 0. The maximum atomic E-state index is 13.4. The Balaban J connectivity index is 1.54.